The third kappa shape index (κ3) is 2.67. The molecule has 0 fully saturated rings. The molecule has 24 heavy (non-hydrogen) atoms. The molecule has 0 radical (unpaired) electrons. The summed E-state index contributed by atoms with van der Waals surface area (Å²) in [6.07, 6.45) is 0.991. The Balaban J connectivity index is 1.63. The van der Waals surface area contributed by atoms with E-state index >= 15 is 0 Å². The maximum absolute atomic E-state index is 13.7. The molecule has 6 heteroatoms. The molecule has 120 valence electrons. The highest BCUT2D eigenvalue weighted by atomic mass is 19.1. The van der Waals surface area contributed by atoms with Gasteiger partial charge in [-0.25, -0.2) is 9.37 Å². The fourth-order valence-corrected chi connectivity index (χ4v) is 2.51. The van der Waals surface area contributed by atoms with Crippen molar-refractivity contribution in [2.75, 3.05) is 0 Å². The Kier molecular flexibility index (Phi) is 3.57. The minimum atomic E-state index is -0.284. The zero-order valence-corrected chi connectivity index (χ0v) is 13.0. The summed E-state index contributed by atoms with van der Waals surface area (Å²) in [6.45, 7) is 1.99. The van der Waals surface area contributed by atoms with Gasteiger partial charge in [0.05, 0.1) is 6.42 Å². The average Bonchev–Trinajstić information content (AvgIpc) is 3.22. The summed E-state index contributed by atoms with van der Waals surface area (Å²) in [4.78, 5) is 8.75. The molecule has 4 rings (SSSR count). The van der Waals surface area contributed by atoms with Crippen LogP contribution in [0.15, 0.2) is 51.4 Å². The molecule has 0 atom stereocenters. The topological polar surface area (TPSA) is 65.0 Å². The summed E-state index contributed by atoms with van der Waals surface area (Å²) in [6, 6.07) is 12.1. The first-order valence-corrected chi connectivity index (χ1v) is 7.69. The van der Waals surface area contributed by atoms with Crippen molar-refractivity contribution in [3.63, 3.8) is 0 Å². The van der Waals surface area contributed by atoms with Crippen molar-refractivity contribution in [3.05, 3.63) is 65.6 Å². The Hall–Kier alpha value is -3.02. The monoisotopic (exact) mass is 323 g/mol. The van der Waals surface area contributed by atoms with Crippen LogP contribution in [0.4, 0.5) is 4.39 Å². The van der Waals surface area contributed by atoms with E-state index in [9.17, 15) is 4.39 Å². The molecule has 5 nitrogen and oxygen atoms in total. The van der Waals surface area contributed by atoms with Crippen molar-refractivity contribution in [3.8, 4) is 11.4 Å². The zero-order chi connectivity index (χ0) is 16.5. The standard InChI is InChI=1S/C18H14FN3O2/c1-2-16-20-14-9-12(7-8-15(14)23-16)18-21-17(24-22-18)10-11-5-3-4-6-13(11)19/h3-9H,2,10H2,1H3. The van der Waals surface area contributed by atoms with E-state index in [1.807, 2.05) is 25.1 Å². The van der Waals surface area contributed by atoms with Crippen LogP contribution >= 0.6 is 0 Å². The number of hydrogen-bond donors (Lipinski definition) is 0. The number of rotatable bonds is 4. The van der Waals surface area contributed by atoms with E-state index in [1.165, 1.54) is 6.07 Å². The van der Waals surface area contributed by atoms with Gasteiger partial charge >= 0.3 is 0 Å². The smallest absolute Gasteiger partial charge is 0.231 e. The van der Waals surface area contributed by atoms with Crippen molar-refractivity contribution in [2.45, 2.75) is 19.8 Å². The van der Waals surface area contributed by atoms with Gasteiger partial charge in [-0.05, 0) is 29.8 Å². The van der Waals surface area contributed by atoms with Gasteiger partial charge in [0.15, 0.2) is 11.5 Å². The highest BCUT2D eigenvalue weighted by Crippen LogP contribution is 2.24. The number of oxazole rings is 1. The van der Waals surface area contributed by atoms with Gasteiger partial charge in [0, 0.05) is 12.0 Å². The molecule has 0 spiro atoms. The molecule has 2 heterocycles. The summed E-state index contributed by atoms with van der Waals surface area (Å²) in [5.41, 5.74) is 2.78. The van der Waals surface area contributed by atoms with Gasteiger partial charge in [-0.3, -0.25) is 0 Å². The first kappa shape index (κ1) is 14.6. The molecule has 2 aromatic carbocycles. The Bertz CT molecular complexity index is 1010. The number of benzene rings is 2. The molecule has 0 unspecified atom stereocenters. The van der Waals surface area contributed by atoms with E-state index in [4.69, 9.17) is 8.94 Å². The number of aromatic nitrogens is 3. The number of nitrogens with zero attached hydrogens (tertiary/aromatic N) is 3. The van der Waals surface area contributed by atoms with Crippen molar-refractivity contribution in [2.24, 2.45) is 0 Å². The zero-order valence-electron chi connectivity index (χ0n) is 13.0. The van der Waals surface area contributed by atoms with Crippen LogP contribution < -0.4 is 0 Å². The predicted octanol–water partition coefficient (Wildman–Crippen LogP) is 4.17. The molecule has 0 aliphatic heterocycles. The third-order valence-electron chi connectivity index (χ3n) is 3.76. The highest BCUT2D eigenvalue weighted by molar-refractivity contribution is 5.78. The van der Waals surface area contributed by atoms with Crippen LogP contribution in [-0.4, -0.2) is 15.1 Å². The summed E-state index contributed by atoms with van der Waals surface area (Å²) < 4.78 is 24.5. The Labute approximate surface area is 137 Å². The van der Waals surface area contributed by atoms with Gasteiger partial charge in [0.2, 0.25) is 11.7 Å². The molecule has 0 bridgehead atoms. The normalized spacial score (nSPS) is 11.2. The van der Waals surface area contributed by atoms with Crippen LogP contribution in [0.1, 0.15) is 24.3 Å². The number of aryl methyl sites for hydroxylation is 1. The quantitative estimate of drug-likeness (QED) is 0.564. The second kappa shape index (κ2) is 5.88. The molecule has 0 saturated carbocycles. The van der Waals surface area contributed by atoms with Crippen LogP contribution in [0.2, 0.25) is 0 Å². The molecule has 0 aliphatic carbocycles. The fourth-order valence-electron chi connectivity index (χ4n) is 2.51. The van der Waals surface area contributed by atoms with E-state index in [1.54, 1.807) is 18.2 Å². The van der Waals surface area contributed by atoms with E-state index in [0.717, 1.165) is 23.1 Å². The van der Waals surface area contributed by atoms with Gasteiger partial charge in [-0.2, -0.15) is 4.98 Å². The molecule has 0 amide bonds. The summed E-state index contributed by atoms with van der Waals surface area (Å²) in [7, 11) is 0. The molecule has 4 aromatic rings. The summed E-state index contributed by atoms with van der Waals surface area (Å²) >= 11 is 0. The SMILES string of the molecule is CCc1nc2cc(-c3noc(Cc4ccccc4F)n3)ccc2o1. The van der Waals surface area contributed by atoms with Crippen molar-refractivity contribution in [1.29, 1.82) is 0 Å². The fraction of sp³-hybridized carbons (Fsp3) is 0.167. The highest BCUT2D eigenvalue weighted by Gasteiger charge is 2.13. The van der Waals surface area contributed by atoms with Crippen LogP contribution in [0.3, 0.4) is 0 Å². The molecule has 0 saturated heterocycles. The largest absolute Gasteiger partial charge is 0.441 e. The van der Waals surface area contributed by atoms with Gasteiger partial charge in [0.1, 0.15) is 11.3 Å². The van der Waals surface area contributed by atoms with Crippen molar-refractivity contribution in [1.82, 2.24) is 15.1 Å². The maximum atomic E-state index is 13.7. The summed E-state index contributed by atoms with van der Waals surface area (Å²) in [5.74, 6) is 1.22. The molecule has 0 N–H and O–H groups in total. The Morgan fingerprint density at radius 2 is 1.92 bits per heavy atom. The van der Waals surface area contributed by atoms with Crippen LogP contribution in [0, 0.1) is 5.82 Å². The average molecular weight is 323 g/mol. The molecule has 2 aromatic heterocycles. The van der Waals surface area contributed by atoms with Gasteiger partial charge in [-0.15, -0.1) is 0 Å². The van der Waals surface area contributed by atoms with Crippen LogP contribution in [0.25, 0.3) is 22.5 Å². The molecular formula is C18H14FN3O2. The number of hydrogen-bond acceptors (Lipinski definition) is 5. The Morgan fingerprint density at radius 1 is 1.04 bits per heavy atom. The lowest BCUT2D eigenvalue weighted by molar-refractivity contribution is 0.384. The first-order valence-electron chi connectivity index (χ1n) is 7.69. The molecular weight excluding hydrogens is 309 g/mol. The summed E-state index contributed by atoms with van der Waals surface area (Å²) in [5, 5.41) is 3.98. The second-order valence-corrected chi connectivity index (χ2v) is 5.42. The minimum Gasteiger partial charge on any atom is -0.441 e. The van der Waals surface area contributed by atoms with Crippen molar-refractivity contribution >= 4 is 11.1 Å². The van der Waals surface area contributed by atoms with Gasteiger partial charge in [0.25, 0.3) is 0 Å². The van der Waals surface area contributed by atoms with E-state index in [-0.39, 0.29) is 12.2 Å². The lowest BCUT2D eigenvalue weighted by Gasteiger charge is -1.97. The molecule has 0 aliphatic rings. The van der Waals surface area contributed by atoms with Gasteiger partial charge < -0.3 is 8.94 Å². The predicted molar refractivity (Wildman–Crippen MR) is 85.9 cm³/mol. The lowest BCUT2D eigenvalue weighted by atomic mass is 10.1. The van der Waals surface area contributed by atoms with E-state index in [2.05, 4.69) is 15.1 Å². The lowest BCUT2D eigenvalue weighted by Crippen LogP contribution is -1.92. The minimum absolute atomic E-state index is 0.256. The van der Waals surface area contributed by atoms with Crippen molar-refractivity contribution < 1.29 is 13.3 Å². The number of fused-ring (bicyclic) bond motifs is 1. The van der Waals surface area contributed by atoms with E-state index in [0.29, 0.717) is 23.2 Å². The first-order chi connectivity index (χ1) is 11.7. The number of halogens is 1. The maximum Gasteiger partial charge on any atom is 0.231 e. The van der Waals surface area contributed by atoms with Crippen LogP contribution in [-0.2, 0) is 12.8 Å². The Morgan fingerprint density at radius 3 is 2.75 bits per heavy atom. The van der Waals surface area contributed by atoms with E-state index < -0.39 is 0 Å². The third-order valence-corrected chi connectivity index (χ3v) is 3.76. The second-order valence-electron chi connectivity index (χ2n) is 5.42. The van der Waals surface area contributed by atoms with Crippen LogP contribution in [0.5, 0.6) is 0 Å². The van der Waals surface area contributed by atoms with Gasteiger partial charge in [-0.1, -0.05) is 30.3 Å².